The number of benzene rings is 1. The SMILES string of the molecule is C#CCn1nncc1-c1ccccc1. The van der Waals surface area contributed by atoms with Gasteiger partial charge in [0.1, 0.15) is 6.54 Å². The molecule has 0 radical (unpaired) electrons. The summed E-state index contributed by atoms with van der Waals surface area (Å²) in [7, 11) is 0. The number of nitrogens with zero attached hydrogens (tertiary/aromatic N) is 3. The maximum absolute atomic E-state index is 5.23. The summed E-state index contributed by atoms with van der Waals surface area (Å²) in [5.74, 6) is 2.54. The molecule has 0 amide bonds. The second-order valence-corrected chi connectivity index (χ2v) is 2.85. The second-order valence-electron chi connectivity index (χ2n) is 2.85. The molecular weight excluding hydrogens is 174 g/mol. The Morgan fingerprint density at radius 3 is 2.79 bits per heavy atom. The molecule has 3 nitrogen and oxygen atoms in total. The van der Waals surface area contributed by atoms with Crippen molar-refractivity contribution >= 4 is 0 Å². The van der Waals surface area contributed by atoms with Crippen LogP contribution in [0.2, 0.25) is 0 Å². The zero-order valence-corrected chi connectivity index (χ0v) is 7.59. The van der Waals surface area contributed by atoms with Crippen molar-refractivity contribution in [3.8, 4) is 23.6 Å². The summed E-state index contributed by atoms with van der Waals surface area (Å²) in [6, 6.07) is 9.93. The molecule has 0 aliphatic carbocycles. The third kappa shape index (κ3) is 1.50. The minimum absolute atomic E-state index is 0.449. The highest BCUT2D eigenvalue weighted by Gasteiger charge is 2.03. The summed E-state index contributed by atoms with van der Waals surface area (Å²) in [5.41, 5.74) is 2.02. The van der Waals surface area contributed by atoms with Gasteiger partial charge in [0.15, 0.2) is 0 Å². The molecular formula is C11H9N3. The maximum Gasteiger partial charge on any atom is 0.104 e. The van der Waals surface area contributed by atoms with Crippen LogP contribution < -0.4 is 0 Å². The molecule has 0 unspecified atom stereocenters. The minimum atomic E-state index is 0.449. The molecule has 1 aromatic heterocycles. The quantitative estimate of drug-likeness (QED) is 0.662. The molecule has 3 heteroatoms. The van der Waals surface area contributed by atoms with Gasteiger partial charge in [-0.3, -0.25) is 0 Å². The molecule has 1 aromatic carbocycles. The van der Waals surface area contributed by atoms with E-state index < -0.39 is 0 Å². The number of hydrogen-bond acceptors (Lipinski definition) is 2. The number of hydrogen-bond donors (Lipinski definition) is 0. The van der Waals surface area contributed by atoms with Crippen LogP contribution in [0.15, 0.2) is 36.5 Å². The van der Waals surface area contributed by atoms with Gasteiger partial charge in [-0.25, -0.2) is 4.68 Å². The smallest absolute Gasteiger partial charge is 0.104 e. The molecule has 0 saturated carbocycles. The zero-order valence-electron chi connectivity index (χ0n) is 7.59. The average molecular weight is 183 g/mol. The van der Waals surface area contributed by atoms with E-state index >= 15 is 0 Å². The molecule has 68 valence electrons. The van der Waals surface area contributed by atoms with Crippen LogP contribution in [0.5, 0.6) is 0 Å². The molecule has 14 heavy (non-hydrogen) atoms. The first-order valence-corrected chi connectivity index (χ1v) is 4.29. The van der Waals surface area contributed by atoms with Crippen molar-refractivity contribution in [3.05, 3.63) is 36.5 Å². The van der Waals surface area contributed by atoms with Crippen LogP contribution in [0.4, 0.5) is 0 Å². The summed E-state index contributed by atoms with van der Waals surface area (Å²) < 4.78 is 1.70. The Morgan fingerprint density at radius 1 is 1.29 bits per heavy atom. The standard InChI is InChI=1S/C11H9N3/c1-2-8-14-11(9-12-13-14)10-6-4-3-5-7-10/h1,3-7,9H,8H2. The molecule has 0 aliphatic rings. The summed E-state index contributed by atoms with van der Waals surface area (Å²) in [5, 5.41) is 7.74. The lowest BCUT2D eigenvalue weighted by molar-refractivity contribution is 0.679. The first-order chi connectivity index (χ1) is 6.92. The molecule has 2 rings (SSSR count). The van der Waals surface area contributed by atoms with Gasteiger partial charge in [-0.15, -0.1) is 11.5 Å². The third-order valence-electron chi connectivity index (χ3n) is 1.93. The van der Waals surface area contributed by atoms with Crippen LogP contribution in [0.3, 0.4) is 0 Å². The predicted octanol–water partition coefficient (Wildman–Crippen LogP) is 1.58. The Morgan fingerprint density at radius 2 is 2.07 bits per heavy atom. The third-order valence-corrected chi connectivity index (χ3v) is 1.93. The fraction of sp³-hybridized carbons (Fsp3) is 0.0909. The van der Waals surface area contributed by atoms with E-state index in [0.717, 1.165) is 11.3 Å². The van der Waals surface area contributed by atoms with Gasteiger partial charge in [0.25, 0.3) is 0 Å². The van der Waals surface area contributed by atoms with E-state index in [9.17, 15) is 0 Å². The van der Waals surface area contributed by atoms with Gasteiger partial charge in [0.05, 0.1) is 11.9 Å². The second kappa shape index (κ2) is 3.75. The highest BCUT2D eigenvalue weighted by atomic mass is 15.4. The molecule has 0 atom stereocenters. The molecule has 0 bridgehead atoms. The fourth-order valence-electron chi connectivity index (χ4n) is 1.29. The van der Waals surface area contributed by atoms with Crippen molar-refractivity contribution in [2.45, 2.75) is 6.54 Å². The monoisotopic (exact) mass is 183 g/mol. The first kappa shape index (κ1) is 8.52. The van der Waals surface area contributed by atoms with Crippen molar-refractivity contribution in [1.29, 1.82) is 0 Å². The normalized spacial score (nSPS) is 9.64. The van der Waals surface area contributed by atoms with E-state index in [1.54, 1.807) is 10.9 Å². The van der Waals surface area contributed by atoms with E-state index in [1.807, 2.05) is 30.3 Å². The molecule has 2 aromatic rings. The van der Waals surface area contributed by atoms with E-state index in [-0.39, 0.29) is 0 Å². The summed E-state index contributed by atoms with van der Waals surface area (Å²) in [6.07, 6.45) is 6.94. The largest absolute Gasteiger partial charge is 0.233 e. The van der Waals surface area contributed by atoms with Crippen molar-refractivity contribution in [2.75, 3.05) is 0 Å². The number of aromatic nitrogens is 3. The van der Waals surface area contributed by atoms with Crippen molar-refractivity contribution < 1.29 is 0 Å². The van der Waals surface area contributed by atoms with Gasteiger partial charge in [-0.1, -0.05) is 41.5 Å². The van der Waals surface area contributed by atoms with Gasteiger partial charge in [0.2, 0.25) is 0 Å². The molecule has 0 aliphatic heterocycles. The van der Waals surface area contributed by atoms with Crippen molar-refractivity contribution in [1.82, 2.24) is 15.0 Å². The van der Waals surface area contributed by atoms with Gasteiger partial charge in [-0.2, -0.15) is 0 Å². The topological polar surface area (TPSA) is 30.7 Å². The maximum atomic E-state index is 5.23. The van der Waals surface area contributed by atoms with E-state index in [4.69, 9.17) is 6.42 Å². The van der Waals surface area contributed by atoms with Crippen LogP contribution >= 0.6 is 0 Å². The van der Waals surface area contributed by atoms with Gasteiger partial charge in [-0.05, 0) is 0 Å². The Bertz CT molecular complexity index is 451. The van der Waals surface area contributed by atoms with E-state index in [2.05, 4.69) is 16.2 Å². The molecule has 1 heterocycles. The fourth-order valence-corrected chi connectivity index (χ4v) is 1.29. The highest BCUT2D eigenvalue weighted by molar-refractivity contribution is 5.57. The van der Waals surface area contributed by atoms with E-state index in [1.165, 1.54) is 0 Å². The lowest BCUT2D eigenvalue weighted by atomic mass is 10.2. The van der Waals surface area contributed by atoms with Gasteiger partial charge >= 0.3 is 0 Å². The van der Waals surface area contributed by atoms with Crippen LogP contribution in [-0.2, 0) is 6.54 Å². The van der Waals surface area contributed by atoms with Crippen LogP contribution in [0, 0.1) is 12.3 Å². The predicted molar refractivity (Wildman–Crippen MR) is 54.3 cm³/mol. The van der Waals surface area contributed by atoms with Crippen LogP contribution in [-0.4, -0.2) is 15.0 Å². The average Bonchev–Trinajstić information content (AvgIpc) is 2.68. The van der Waals surface area contributed by atoms with Crippen LogP contribution in [0.1, 0.15) is 0 Å². The van der Waals surface area contributed by atoms with Gasteiger partial charge < -0.3 is 0 Å². The van der Waals surface area contributed by atoms with Crippen molar-refractivity contribution in [3.63, 3.8) is 0 Å². The molecule has 0 fully saturated rings. The Kier molecular flexibility index (Phi) is 2.28. The molecule has 0 spiro atoms. The Balaban J connectivity index is 2.43. The van der Waals surface area contributed by atoms with Crippen LogP contribution in [0.25, 0.3) is 11.3 Å². The Labute approximate surface area is 82.4 Å². The van der Waals surface area contributed by atoms with Gasteiger partial charge in [0, 0.05) is 5.56 Å². The molecule has 0 saturated heterocycles. The Hall–Kier alpha value is -2.08. The summed E-state index contributed by atoms with van der Waals surface area (Å²) in [4.78, 5) is 0. The lowest BCUT2D eigenvalue weighted by Crippen LogP contribution is -2.00. The highest BCUT2D eigenvalue weighted by Crippen LogP contribution is 2.16. The minimum Gasteiger partial charge on any atom is -0.233 e. The lowest BCUT2D eigenvalue weighted by Gasteiger charge is -2.01. The molecule has 0 N–H and O–H groups in total. The number of rotatable bonds is 2. The number of terminal acetylenes is 1. The zero-order chi connectivity index (χ0) is 9.80. The first-order valence-electron chi connectivity index (χ1n) is 4.29. The van der Waals surface area contributed by atoms with Crippen molar-refractivity contribution in [2.24, 2.45) is 0 Å². The summed E-state index contributed by atoms with van der Waals surface area (Å²) >= 11 is 0. The van der Waals surface area contributed by atoms with E-state index in [0.29, 0.717) is 6.54 Å². The summed E-state index contributed by atoms with van der Waals surface area (Å²) in [6.45, 7) is 0.449.